The lowest BCUT2D eigenvalue weighted by Gasteiger charge is -2.15. The maximum absolute atomic E-state index is 12.6. The highest BCUT2D eigenvalue weighted by Crippen LogP contribution is 2.22. The lowest BCUT2D eigenvalue weighted by molar-refractivity contribution is 0.0933. The number of hydrogen-bond donors (Lipinski definition) is 2. The lowest BCUT2D eigenvalue weighted by Crippen LogP contribution is -2.29. The molecule has 0 bridgehead atoms. The van der Waals surface area contributed by atoms with Crippen molar-refractivity contribution < 1.29 is 9.53 Å². The van der Waals surface area contributed by atoms with Gasteiger partial charge >= 0.3 is 0 Å². The molecule has 5 heteroatoms. The van der Waals surface area contributed by atoms with Crippen LogP contribution in [0.1, 0.15) is 41.1 Å². The van der Waals surface area contributed by atoms with Crippen molar-refractivity contribution in [2.24, 2.45) is 0 Å². The summed E-state index contributed by atoms with van der Waals surface area (Å²) in [6, 6.07) is 15.3. The van der Waals surface area contributed by atoms with Gasteiger partial charge < -0.3 is 15.0 Å². The summed E-state index contributed by atoms with van der Waals surface area (Å²) in [6.07, 6.45) is 2.53. The van der Waals surface area contributed by atoms with Crippen molar-refractivity contribution >= 4 is 5.91 Å². The Morgan fingerprint density at radius 3 is 2.69 bits per heavy atom. The van der Waals surface area contributed by atoms with Gasteiger partial charge in [0.15, 0.2) is 0 Å². The predicted octanol–water partition coefficient (Wildman–Crippen LogP) is 4.27. The number of imidazole rings is 1. The number of H-pyrrole nitrogens is 1. The van der Waals surface area contributed by atoms with E-state index in [1.165, 1.54) is 0 Å². The molecule has 0 aliphatic heterocycles. The Bertz CT molecular complexity index is 887. The fourth-order valence-corrected chi connectivity index (χ4v) is 2.84. The molecule has 2 N–H and O–H groups in total. The van der Waals surface area contributed by atoms with Crippen LogP contribution in [0.25, 0.3) is 11.3 Å². The summed E-state index contributed by atoms with van der Waals surface area (Å²) >= 11 is 0. The number of nitrogens with one attached hydrogen (secondary N) is 2. The first-order chi connectivity index (χ1) is 12.6. The number of carbonyl (C=O) groups is 1. The van der Waals surface area contributed by atoms with Gasteiger partial charge in [-0.1, -0.05) is 43.3 Å². The normalized spacial score (nSPS) is 11.8. The van der Waals surface area contributed by atoms with E-state index in [1.54, 1.807) is 25.4 Å². The fraction of sp³-hybridized carbons (Fsp3) is 0.238. The summed E-state index contributed by atoms with van der Waals surface area (Å²) in [7, 11) is 1.60. The molecule has 1 heterocycles. The standard InChI is InChI=1S/C21H23N3O2/c1-4-17(20-22-13-18(23-20)15-8-6-5-7-9-15)24-21(25)16-11-10-14(2)19(12-16)26-3/h5-13,17H,4H2,1-3H3,(H,22,23)(H,24,25). The van der Waals surface area contributed by atoms with Gasteiger partial charge in [0, 0.05) is 5.56 Å². The number of methoxy groups -OCH3 is 1. The molecule has 1 unspecified atom stereocenters. The van der Waals surface area contributed by atoms with Crippen LogP contribution in [0.15, 0.2) is 54.7 Å². The maximum atomic E-state index is 12.6. The monoisotopic (exact) mass is 349 g/mol. The van der Waals surface area contributed by atoms with Crippen LogP contribution in [0, 0.1) is 6.92 Å². The Kier molecular flexibility index (Phi) is 5.37. The zero-order chi connectivity index (χ0) is 18.5. The topological polar surface area (TPSA) is 67.0 Å². The van der Waals surface area contributed by atoms with Crippen molar-refractivity contribution in [2.75, 3.05) is 7.11 Å². The smallest absolute Gasteiger partial charge is 0.252 e. The van der Waals surface area contributed by atoms with Crippen LogP contribution < -0.4 is 10.1 Å². The number of carbonyl (C=O) groups excluding carboxylic acids is 1. The zero-order valence-corrected chi connectivity index (χ0v) is 15.2. The van der Waals surface area contributed by atoms with Crippen LogP contribution in [0.2, 0.25) is 0 Å². The molecule has 1 atom stereocenters. The van der Waals surface area contributed by atoms with Gasteiger partial charge in [-0.3, -0.25) is 4.79 Å². The summed E-state index contributed by atoms with van der Waals surface area (Å²) in [6.45, 7) is 3.97. The second kappa shape index (κ2) is 7.87. The first-order valence-electron chi connectivity index (χ1n) is 8.68. The van der Waals surface area contributed by atoms with Crippen LogP contribution >= 0.6 is 0 Å². The van der Waals surface area contributed by atoms with Crippen molar-refractivity contribution in [2.45, 2.75) is 26.3 Å². The molecule has 2 aromatic carbocycles. The Balaban J connectivity index is 1.77. The fourth-order valence-electron chi connectivity index (χ4n) is 2.84. The van der Waals surface area contributed by atoms with Crippen LogP contribution in [0.4, 0.5) is 0 Å². The summed E-state index contributed by atoms with van der Waals surface area (Å²) < 4.78 is 5.31. The summed E-state index contributed by atoms with van der Waals surface area (Å²) in [5, 5.41) is 3.05. The molecule has 3 aromatic rings. The van der Waals surface area contributed by atoms with Gasteiger partial charge in [0.2, 0.25) is 0 Å². The van der Waals surface area contributed by atoms with E-state index in [0.29, 0.717) is 11.3 Å². The Hall–Kier alpha value is -3.08. The van der Waals surface area contributed by atoms with Crippen molar-refractivity contribution in [3.8, 4) is 17.0 Å². The quantitative estimate of drug-likeness (QED) is 0.698. The van der Waals surface area contributed by atoms with E-state index in [0.717, 1.165) is 29.1 Å². The van der Waals surface area contributed by atoms with Gasteiger partial charge in [0.1, 0.15) is 11.6 Å². The summed E-state index contributed by atoms with van der Waals surface area (Å²) in [5.41, 5.74) is 3.57. The van der Waals surface area contributed by atoms with Gasteiger partial charge in [-0.05, 0) is 36.6 Å². The number of amides is 1. The molecule has 0 aliphatic rings. The maximum Gasteiger partial charge on any atom is 0.252 e. The van der Waals surface area contributed by atoms with E-state index >= 15 is 0 Å². The second-order valence-corrected chi connectivity index (χ2v) is 6.17. The third-order valence-corrected chi connectivity index (χ3v) is 4.39. The Morgan fingerprint density at radius 2 is 2.00 bits per heavy atom. The van der Waals surface area contributed by atoms with Crippen molar-refractivity contribution in [1.29, 1.82) is 0 Å². The van der Waals surface area contributed by atoms with E-state index in [1.807, 2.05) is 50.2 Å². The van der Waals surface area contributed by atoms with E-state index in [2.05, 4.69) is 15.3 Å². The SMILES string of the molecule is CCC(NC(=O)c1ccc(C)c(OC)c1)c1ncc(-c2ccccc2)[nH]1. The van der Waals surface area contributed by atoms with Gasteiger partial charge in [-0.25, -0.2) is 4.98 Å². The molecule has 0 saturated heterocycles. The lowest BCUT2D eigenvalue weighted by atomic mass is 10.1. The molecular formula is C21H23N3O2. The minimum atomic E-state index is -0.188. The third-order valence-electron chi connectivity index (χ3n) is 4.39. The van der Waals surface area contributed by atoms with Crippen molar-refractivity contribution in [3.05, 3.63) is 71.7 Å². The Morgan fingerprint density at radius 1 is 1.23 bits per heavy atom. The van der Waals surface area contributed by atoms with Crippen molar-refractivity contribution in [3.63, 3.8) is 0 Å². The molecule has 3 rings (SSSR count). The van der Waals surface area contributed by atoms with Crippen LogP contribution in [0.5, 0.6) is 5.75 Å². The number of ether oxygens (including phenoxy) is 1. The second-order valence-electron chi connectivity index (χ2n) is 6.17. The highest BCUT2D eigenvalue weighted by Gasteiger charge is 2.18. The molecule has 5 nitrogen and oxygen atoms in total. The molecule has 0 saturated carbocycles. The number of aryl methyl sites for hydroxylation is 1. The molecule has 0 spiro atoms. The largest absolute Gasteiger partial charge is 0.496 e. The number of benzene rings is 2. The number of aromatic amines is 1. The van der Waals surface area contributed by atoms with E-state index < -0.39 is 0 Å². The highest BCUT2D eigenvalue weighted by atomic mass is 16.5. The number of rotatable bonds is 6. The molecule has 26 heavy (non-hydrogen) atoms. The molecular weight excluding hydrogens is 326 g/mol. The number of aromatic nitrogens is 2. The number of nitrogens with zero attached hydrogens (tertiary/aromatic N) is 1. The summed E-state index contributed by atoms with van der Waals surface area (Å²) in [5.74, 6) is 1.31. The van der Waals surface area contributed by atoms with Crippen molar-refractivity contribution in [1.82, 2.24) is 15.3 Å². The van der Waals surface area contributed by atoms with E-state index in [-0.39, 0.29) is 11.9 Å². The van der Waals surface area contributed by atoms with Gasteiger partial charge in [0.25, 0.3) is 5.91 Å². The zero-order valence-electron chi connectivity index (χ0n) is 15.2. The minimum absolute atomic E-state index is 0.146. The first-order valence-corrected chi connectivity index (χ1v) is 8.68. The van der Waals surface area contributed by atoms with Gasteiger partial charge in [0.05, 0.1) is 25.0 Å². The van der Waals surface area contributed by atoms with E-state index in [4.69, 9.17) is 4.74 Å². The van der Waals surface area contributed by atoms with Gasteiger partial charge in [-0.15, -0.1) is 0 Å². The number of hydrogen-bond acceptors (Lipinski definition) is 3. The van der Waals surface area contributed by atoms with E-state index in [9.17, 15) is 4.79 Å². The summed E-state index contributed by atoms with van der Waals surface area (Å²) in [4.78, 5) is 20.4. The molecule has 1 aromatic heterocycles. The average Bonchev–Trinajstić information content (AvgIpc) is 3.17. The highest BCUT2D eigenvalue weighted by molar-refractivity contribution is 5.95. The average molecular weight is 349 g/mol. The third kappa shape index (κ3) is 3.77. The first kappa shape index (κ1) is 17.7. The Labute approximate surface area is 153 Å². The van der Waals surface area contributed by atoms with Crippen LogP contribution in [0.3, 0.4) is 0 Å². The van der Waals surface area contributed by atoms with Gasteiger partial charge in [-0.2, -0.15) is 0 Å². The van der Waals surface area contributed by atoms with Crippen LogP contribution in [-0.4, -0.2) is 23.0 Å². The van der Waals surface area contributed by atoms with Crippen LogP contribution in [-0.2, 0) is 0 Å². The molecule has 134 valence electrons. The molecule has 0 fully saturated rings. The minimum Gasteiger partial charge on any atom is -0.496 e. The molecule has 1 amide bonds. The molecule has 0 radical (unpaired) electrons. The molecule has 0 aliphatic carbocycles. The predicted molar refractivity (Wildman–Crippen MR) is 102 cm³/mol.